The van der Waals surface area contributed by atoms with Crippen LogP contribution in [0.1, 0.15) is 33.9 Å². The molecule has 1 N–H and O–H groups in total. The van der Waals surface area contributed by atoms with E-state index < -0.39 is 6.04 Å². The first-order chi connectivity index (χ1) is 15.0. The molecule has 0 bridgehead atoms. The number of carbonyl (C=O) groups excluding carboxylic acids is 2. The van der Waals surface area contributed by atoms with Crippen molar-refractivity contribution in [3.8, 4) is 17.2 Å². The van der Waals surface area contributed by atoms with Crippen molar-refractivity contribution < 1.29 is 28.5 Å². The summed E-state index contributed by atoms with van der Waals surface area (Å²) in [5, 5.41) is 2.83. The summed E-state index contributed by atoms with van der Waals surface area (Å²) < 4.78 is 21.4. The van der Waals surface area contributed by atoms with Gasteiger partial charge in [-0.05, 0) is 29.3 Å². The van der Waals surface area contributed by atoms with Crippen molar-refractivity contribution in [2.24, 2.45) is 0 Å². The molecule has 8 heteroatoms. The SMILES string of the molecule is COCCNC(=O)C[C@H](c1cc(OC)c(OC)c(OC)c1)N1Cc2ccccc2C1=O. The maximum absolute atomic E-state index is 13.2. The molecule has 1 heterocycles. The lowest BCUT2D eigenvalue weighted by atomic mass is 10.00. The number of methoxy groups -OCH3 is 4. The van der Waals surface area contributed by atoms with Crippen molar-refractivity contribution in [1.29, 1.82) is 0 Å². The highest BCUT2D eigenvalue weighted by Crippen LogP contribution is 2.42. The molecule has 31 heavy (non-hydrogen) atoms. The normalized spacial score (nSPS) is 13.5. The van der Waals surface area contributed by atoms with Gasteiger partial charge in [0, 0.05) is 25.8 Å². The monoisotopic (exact) mass is 428 g/mol. The first-order valence-electron chi connectivity index (χ1n) is 9.98. The van der Waals surface area contributed by atoms with Gasteiger partial charge in [0.2, 0.25) is 11.7 Å². The number of hydrogen-bond acceptors (Lipinski definition) is 6. The molecule has 3 rings (SSSR count). The molecule has 0 fully saturated rings. The summed E-state index contributed by atoms with van der Waals surface area (Å²) in [6, 6.07) is 10.5. The molecular formula is C23H28N2O6. The Bertz CT molecular complexity index is 920. The van der Waals surface area contributed by atoms with Crippen molar-refractivity contribution in [2.75, 3.05) is 41.6 Å². The smallest absolute Gasteiger partial charge is 0.255 e. The van der Waals surface area contributed by atoms with Crippen LogP contribution in [-0.2, 0) is 16.1 Å². The Morgan fingerprint density at radius 2 is 1.74 bits per heavy atom. The average molecular weight is 428 g/mol. The summed E-state index contributed by atoms with van der Waals surface area (Å²) in [6.45, 7) is 1.22. The van der Waals surface area contributed by atoms with Gasteiger partial charge in [0.1, 0.15) is 0 Å². The van der Waals surface area contributed by atoms with Crippen LogP contribution in [-0.4, -0.2) is 58.3 Å². The average Bonchev–Trinajstić information content (AvgIpc) is 3.13. The molecule has 1 atom stereocenters. The molecule has 1 aliphatic rings. The molecule has 0 aliphatic carbocycles. The van der Waals surface area contributed by atoms with Crippen LogP contribution < -0.4 is 19.5 Å². The van der Waals surface area contributed by atoms with Gasteiger partial charge in [-0.3, -0.25) is 9.59 Å². The maximum Gasteiger partial charge on any atom is 0.255 e. The van der Waals surface area contributed by atoms with E-state index in [4.69, 9.17) is 18.9 Å². The lowest BCUT2D eigenvalue weighted by molar-refractivity contribution is -0.122. The van der Waals surface area contributed by atoms with Crippen LogP contribution in [0.15, 0.2) is 36.4 Å². The number of rotatable bonds is 10. The predicted octanol–water partition coefficient (Wildman–Crippen LogP) is 2.56. The molecule has 2 aromatic rings. The fourth-order valence-corrected chi connectivity index (χ4v) is 3.77. The van der Waals surface area contributed by atoms with E-state index in [0.717, 1.165) is 11.1 Å². The van der Waals surface area contributed by atoms with Gasteiger partial charge in [0.15, 0.2) is 11.5 Å². The lowest BCUT2D eigenvalue weighted by Gasteiger charge is -2.29. The highest BCUT2D eigenvalue weighted by molar-refractivity contribution is 5.98. The number of carbonyl (C=O) groups is 2. The topological polar surface area (TPSA) is 86.3 Å². The Morgan fingerprint density at radius 1 is 1.06 bits per heavy atom. The standard InChI is InChI=1S/C23H28N2O6/c1-28-10-9-24-21(26)13-18(25-14-15-7-5-6-8-17(15)23(25)27)16-11-19(29-2)22(31-4)20(12-16)30-3/h5-8,11-12,18H,9-10,13-14H2,1-4H3,(H,24,26)/t18-/m1/s1. The van der Waals surface area contributed by atoms with Crippen LogP contribution in [0.4, 0.5) is 0 Å². The Labute approximate surface area is 182 Å². The molecule has 1 aliphatic heterocycles. The number of hydrogen-bond donors (Lipinski definition) is 1. The number of nitrogens with zero attached hydrogens (tertiary/aromatic N) is 1. The van der Waals surface area contributed by atoms with E-state index in [1.807, 2.05) is 24.3 Å². The fourth-order valence-electron chi connectivity index (χ4n) is 3.77. The van der Waals surface area contributed by atoms with Gasteiger partial charge in [-0.1, -0.05) is 18.2 Å². The highest BCUT2D eigenvalue weighted by atomic mass is 16.5. The van der Waals surface area contributed by atoms with E-state index in [1.165, 1.54) is 21.3 Å². The van der Waals surface area contributed by atoms with Gasteiger partial charge in [-0.2, -0.15) is 0 Å². The minimum Gasteiger partial charge on any atom is -0.493 e. The van der Waals surface area contributed by atoms with Crippen LogP contribution >= 0.6 is 0 Å². The van der Waals surface area contributed by atoms with Gasteiger partial charge in [-0.25, -0.2) is 0 Å². The molecule has 0 aromatic heterocycles. The predicted molar refractivity (Wildman–Crippen MR) is 115 cm³/mol. The Balaban J connectivity index is 1.99. The maximum atomic E-state index is 13.2. The molecule has 2 aromatic carbocycles. The third kappa shape index (κ3) is 4.74. The lowest BCUT2D eigenvalue weighted by Crippen LogP contribution is -2.35. The van der Waals surface area contributed by atoms with Crippen LogP contribution in [0.5, 0.6) is 17.2 Å². The molecule has 2 amide bonds. The second-order valence-corrected chi connectivity index (χ2v) is 7.11. The number of ether oxygens (including phenoxy) is 4. The van der Waals surface area contributed by atoms with E-state index >= 15 is 0 Å². The Kier molecular flexibility index (Phi) is 7.36. The van der Waals surface area contributed by atoms with E-state index in [1.54, 1.807) is 24.1 Å². The zero-order chi connectivity index (χ0) is 22.4. The summed E-state index contributed by atoms with van der Waals surface area (Å²) in [4.78, 5) is 27.6. The van der Waals surface area contributed by atoms with Crippen molar-refractivity contribution >= 4 is 11.8 Å². The van der Waals surface area contributed by atoms with E-state index in [9.17, 15) is 9.59 Å². The second kappa shape index (κ2) is 10.2. The summed E-state index contributed by atoms with van der Waals surface area (Å²) in [5.41, 5.74) is 2.31. The molecule has 166 valence electrons. The number of benzene rings is 2. The third-order valence-electron chi connectivity index (χ3n) is 5.30. The largest absolute Gasteiger partial charge is 0.493 e. The van der Waals surface area contributed by atoms with Crippen LogP contribution in [0, 0.1) is 0 Å². The highest BCUT2D eigenvalue weighted by Gasteiger charge is 2.35. The Morgan fingerprint density at radius 3 is 2.32 bits per heavy atom. The second-order valence-electron chi connectivity index (χ2n) is 7.11. The fraction of sp³-hybridized carbons (Fsp3) is 0.391. The number of amides is 2. The number of fused-ring (bicyclic) bond motifs is 1. The van der Waals surface area contributed by atoms with E-state index in [-0.39, 0.29) is 18.2 Å². The first kappa shape index (κ1) is 22.4. The summed E-state index contributed by atoms with van der Waals surface area (Å²) >= 11 is 0. The van der Waals surface area contributed by atoms with Crippen molar-refractivity contribution in [1.82, 2.24) is 10.2 Å². The van der Waals surface area contributed by atoms with Gasteiger partial charge in [0.05, 0.1) is 40.4 Å². The molecule has 0 saturated heterocycles. The summed E-state index contributed by atoms with van der Waals surface area (Å²) in [7, 11) is 6.17. The van der Waals surface area contributed by atoms with Gasteiger partial charge in [-0.15, -0.1) is 0 Å². The molecule has 8 nitrogen and oxygen atoms in total. The van der Waals surface area contributed by atoms with Crippen LogP contribution in [0.2, 0.25) is 0 Å². The minimum atomic E-state index is -0.517. The zero-order valence-electron chi connectivity index (χ0n) is 18.3. The molecular weight excluding hydrogens is 400 g/mol. The van der Waals surface area contributed by atoms with E-state index in [2.05, 4.69) is 5.32 Å². The van der Waals surface area contributed by atoms with Gasteiger partial charge in [0.25, 0.3) is 5.91 Å². The van der Waals surface area contributed by atoms with Gasteiger partial charge >= 0.3 is 0 Å². The van der Waals surface area contributed by atoms with Crippen molar-refractivity contribution in [3.63, 3.8) is 0 Å². The molecule has 0 spiro atoms. The third-order valence-corrected chi connectivity index (χ3v) is 5.30. The molecule has 0 unspecified atom stereocenters. The zero-order valence-corrected chi connectivity index (χ0v) is 18.3. The Hall–Kier alpha value is -3.26. The van der Waals surface area contributed by atoms with Gasteiger partial charge < -0.3 is 29.2 Å². The van der Waals surface area contributed by atoms with E-state index in [0.29, 0.717) is 42.5 Å². The first-order valence-corrected chi connectivity index (χ1v) is 9.98. The molecule has 0 radical (unpaired) electrons. The molecule has 0 saturated carbocycles. The number of nitrogens with one attached hydrogen (secondary N) is 1. The quantitative estimate of drug-likeness (QED) is 0.586. The van der Waals surface area contributed by atoms with Crippen LogP contribution in [0.25, 0.3) is 0 Å². The van der Waals surface area contributed by atoms with Crippen molar-refractivity contribution in [3.05, 3.63) is 53.1 Å². The summed E-state index contributed by atoms with van der Waals surface area (Å²) in [6.07, 6.45) is 0.0854. The van der Waals surface area contributed by atoms with Crippen molar-refractivity contribution in [2.45, 2.75) is 19.0 Å². The van der Waals surface area contributed by atoms with Crippen LogP contribution in [0.3, 0.4) is 0 Å². The minimum absolute atomic E-state index is 0.0854. The summed E-state index contributed by atoms with van der Waals surface area (Å²) in [5.74, 6) is 1.09.